The molecule has 1 aromatic heterocycles. The van der Waals surface area contributed by atoms with Crippen molar-refractivity contribution in [3.05, 3.63) is 5.01 Å². The summed E-state index contributed by atoms with van der Waals surface area (Å²) in [4.78, 5) is 0. The van der Waals surface area contributed by atoms with Crippen molar-refractivity contribution < 1.29 is 4.74 Å². The predicted octanol–water partition coefficient (Wildman–Crippen LogP) is 1.73. The molecular weight excluding hydrogens is 192 g/mol. The maximum absolute atomic E-state index is 5.26. The van der Waals surface area contributed by atoms with Gasteiger partial charge in [-0.25, -0.2) is 0 Å². The van der Waals surface area contributed by atoms with Crippen LogP contribution in [-0.2, 0) is 4.74 Å². The molecule has 0 aromatic carbocycles. The van der Waals surface area contributed by atoms with Gasteiger partial charge in [-0.05, 0) is 13.8 Å². The first-order valence-electron chi connectivity index (χ1n) is 3.75. The van der Waals surface area contributed by atoms with Crippen molar-refractivity contribution in [2.24, 2.45) is 0 Å². The zero-order valence-electron chi connectivity index (χ0n) is 7.03. The fraction of sp³-hybridized carbons (Fsp3) is 0.714. The number of aromatic nitrogens is 2. The van der Waals surface area contributed by atoms with Crippen molar-refractivity contribution >= 4 is 23.1 Å². The van der Waals surface area contributed by atoms with E-state index in [1.54, 1.807) is 23.1 Å². The lowest BCUT2D eigenvalue weighted by atomic mass is 10.3. The van der Waals surface area contributed by atoms with E-state index in [0.29, 0.717) is 0 Å². The summed E-state index contributed by atoms with van der Waals surface area (Å²) in [5.41, 5.74) is 0.115. The summed E-state index contributed by atoms with van der Waals surface area (Å²) in [7, 11) is 0. The molecule has 1 fully saturated rings. The molecular formula is C7H10N2OS2. The van der Waals surface area contributed by atoms with Crippen molar-refractivity contribution in [1.82, 2.24) is 10.2 Å². The Hall–Kier alpha value is -0.130. The van der Waals surface area contributed by atoms with Crippen LogP contribution in [0.5, 0.6) is 0 Å². The quantitative estimate of drug-likeness (QED) is 0.552. The van der Waals surface area contributed by atoms with Crippen LogP contribution >= 0.6 is 23.1 Å². The minimum Gasteiger partial charge on any atom is -0.369 e. The average Bonchev–Trinajstić information content (AvgIpc) is 2.60. The monoisotopic (exact) mass is 202 g/mol. The van der Waals surface area contributed by atoms with Gasteiger partial charge in [-0.15, -0.1) is 10.2 Å². The average molecular weight is 202 g/mol. The van der Waals surface area contributed by atoms with Gasteiger partial charge in [0.2, 0.25) is 0 Å². The third kappa shape index (κ3) is 1.97. The molecule has 1 aromatic rings. The molecule has 1 aliphatic heterocycles. The minimum absolute atomic E-state index is 0.115. The molecule has 2 heterocycles. The standard InChI is InChI=1S/C7H10N2OS2/c1-5-8-9-6(12-5)11-4-7(2)3-10-7/h3-4H2,1-2H3. The van der Waals surface area contributed by atoms with Crippen molar-refractivity contribution in [3.8, 4) is 0 Å². The third-order valence-electron chi connectivity index (χ3n) is 1.65. The lowest BCUT2D eigenvalue weighted by Crippen LogP contribution is -2.07. The van der Waals surface area contributed by atoms with Crippen LogP contribution in [0.2, 0.25) is 0 Å². The summed E-state index contributed by atoms with van der Waals surface area (Å²) in [6, 6.07) is 0. The maximum atomic E-state index is 5.26. The van der Waals surface area contributed by atoms with E-state index in [9.17, 15) is 0 Å². The molecule has 2 rings (SSSR count). The summed E-state index contributed by atoms with van der Waals surface area (Å²) in [5, 5.41) is 8.99. The number of aryl methyl sites for hydroxylation is 1. The Morgan fingerprint density at radius 2 is 2.42 bits per heavy atom. The highest BCUT2D eigenvalue weighted by Gasteiger charge is 2.39. The van der Waals surface area contributed by atoms with Crippen LogP contribution in [0, 0.1) is 6.92 Å². The fourth-order valence-electron chi connectivity index (χ4n) is 0.758. The highest BCUT2D eigenvalue weighted by Crippen LogP contribution is 2.34. The molecule has 0 radical (unpaired) electrons. The molecule has 1 atom stereocenters. The number of nitrogens with zero attached hydrogens (tertiary/aromatic N) is 2. The Bertz CT molecular complexity index is 283. The number of hydrogen-bond donors (Lipinski definition) is 0. The van der Waals surface area contributed by atoms with Gasteiger partial charge < -0.3 is 4.74 Å². The number of thioether (sulfide) groups is 1. The molecule has 1 aliphatic rings. The van der Waals surface area contributed by atoms with Gasteiger partial charge in [0.15, 0.2) is 4.34 Å². The topological polar surface area (TPSA) is 38.3 Å². The van der Waals surface area contributed by atoms with Gasteiger partial charge in [-0.2, -0.15) is 0 Å². The van der Waals surface area contributed by atoms with Crippen LogP contribution in [0.15, 0.2) is 4.34 Å². The summed E-state index contributed by atoms with van der Waals surface area (Å²) >= 11 is 3.37. The van der Waals surface area contributed by atoms with Gasteiger partial charge in [-0.3, -0.25) is 0 Å². The van der Waals surface area contributed by atoms with Crippen molar-refractivity contribution in [2.75, 3.05) is 12.4 Å². The van der Waals surface area contributed by atoms with E-state index in [1.165, 1.54) is 0 Å². The van der Waals surface area contributed by atoms with Crippen LogP contribution in [0.4, 0.5) is 0 Å². The second-order valence-corrected chi connectivity index (χ2v) is 5.52. The van der Waals surface area contributed by atoms with E-state index < -0.39 is 0 Å². The van der Waals surface area contributed by atoms with Gasteiger partial charge in [0, 0.05) is 5.75 Å². The van der Waals surface area contributed by atoms with Gasteiger partial charge in [-0.1, -0.05) is 23.1 Å². The summed E-state index contributed by atoms with van der Waals surface area (Å²) in [5.74, 6) is 0.988. The molecule has 0 bridgehead atoms. The molecule has 1 unspecified atom stereocenters. The van der Waals surface area contributed by atoms with Gasteiger partial charge in [0.25, 0.3) is 0 Å². The molecule has 0 N–H and O–H groups in total. The van der Waals surface area contributed by atoms with E-state index in [0.717, 1.165) is 21.7 Å². The SMILES string of the molecule is Cc1nnc(SCC2(C)CO2)s1. The van der Waals surface area contributed by atoms with E-state index in [2.05, 4.69) is 17.1 Å². The van der Waals surface area contributed by atoms with Gasteiger partial charge in [0.05, 0.1) is 12.2 Å². The Kier molecular flexibility index (Phi) is 2.10. The van der Waals surface area contributed by atoms with Crippen LogP contribution in [-0.4, -0.2) is 28.2 Å². The maximum Gasteiger partial charge on any atom is 0.174 e. The number of hydrogen-bond acceptors (Lipinski definition) is 5. The highest BCUT2D eigenvalue weighted by atomic mass is 32.2. The molecule has 0 spiro atoms. The second-order valence-electron chi connectivity index (χ2n) is 3.11. The largest absolute Gasteiger partial charge is 0.369 e. The van der Waals surface area contributed by atoms with Crippen molar-refractivity contribution in [1.29, 1.82) is 0 Å². The lowest BCUT2D eigenvalue weighted by Gasteiger charge is -1.99. The van der Waals surface area contributed by atoms with Crippen molar-refractivity contribution in [2.45, 2.75) is 23.8 Å². The number of rotatable bonds is 3. The van der Waals surface area contributed by atoms with Gasteiger partial charge in [0.1, 0.15) is 5.01 Å². The van der Waals surface area contributed by atoms with E-state index in [-0.39, 0.29) is 5.60 Å². The summed E-state index contributed by atoms with van der Waals surface area (Å²) in [6.07, 6.45) is 0. The first-order valence-corrected chi connectivity index (χ1v) is 5.55. The molecule has 12 heavy (non-hydrogen) atoms. The zero-order chi connectivity index (χ0) is 8.60. The summed E-state index contributed by atoms with van der Waals surface area (Å²) in [6.45, 7) is 4.97. The molecule has 0 saturated carbocycles. The first-order chi connectivity index (χ1) is 5.68. The Balaban J connectivity index is 1.87. The molecule has 1 saturated heterocycles. The predicted molar refractivity (Wildman–Crippen MR) is 49.7 cm³/mol. The molecule has 0 aliphatic carbocycles. The summed E-state index contributed by atoms with van der Waals surface area (Å²) < 4.78 is 6.31. The third-order valence-corrected chi connectivity index (χ3v) is 3.97. The number of ether oxygens (including phenoxy) is 1. The Morgan fingerprint density at radius 1 is 1.67 bits per heavy atom. The number of epoxide rings is 1. The molecule has 5 heteroatoms. The molecule has 66 valence electrons. The normalized spacial score (nSPS) is 27.5. The Labute approximate surface area is 79.5 Å². The minimum atomic E-state index is 0.115. The van der Waals surface area contributed by atoms with Crippen molar-refractivity contribution in [3.63, 3.8) is 0 Å². The van der Waals surface area contributed by atoms with Crippen LogP contribution in [0.25, 0.3) is 0 Å². The van der Waals surface area contributed by atoms with Crippen LogP contribution in [0.3, 0.4) is 0 Å². The molecule has 3 nitrogen and oxygen atoms in total. The van der Waals surface area contributed by atoms with Crippen LogP contribution < -0.4 is 0 Å². The first kappa shape index (κ1) is 8.47. The van der Waals surface area contributed by atoms with E-state index >= 15 is 0 Å². The fourth-order valence-corrected chi connectivity index (χ4v) is 2.64. The highest BCUT2D eigenvalue weighted by molar-refractivity contribution is 8.01. The zero-order valence-corrected chi connectivity index (χ0v) is 8.67. The lowest BCUT2D eigenvalue weighted by molar-refractivity contribution is 0.348. The smallest absolute Gasteiger partial charge is 0.174 e. The van der Waals surface area contributed by atoms with Gasteiger partial charge >= 0.3 is 0 Å². The van der Waals surface area contributed by atoms with E-state index in [4.69, 9.17) is 4.74 Å². The van der Waals surface area contributed by atoms with Crippen LogP contribution in [0.1, 0.15) is 11.9 Å². The Morgan fingerprint density at radius 3 is 2.92 bits per heavy atom. The van der Waals surface area contributed by atoms with E-state index in [1.807, 2.05) is 6.92 Å². The second kappa shape index (κ2) is 2.97. The molecule has 0 amide bonds.